The topological polar surface area (TPSA) is 64.4 Å². The van der Waals surface area contributed by atoms with Gasteiger partial charge in [0.25, 0.3) is 0 Å². The largest absolute Gasteiger partial charge is 0.492 e. The molecule has 0 saturated heterocycles. The number of ketones is 1. The van der Waals surface area contributed by atoms with Crippen molar-refractivity contribution >= 4 is 27.8 Å². The molecule has 0 radical (unpaired) electrons. The van der Waals surface area contributed by atoms with Crippen LogP contribution in [0.25, 0.3) is 0 Å². The molecule has 3 N–H and O–H groups in total. The van der Waals surface area contributed by atoms with E-state index in [0.29, 0.717) is 22.4 Å². The lowest BCUT2D eigenvalue weighted by Gasteiger charge is -2.06. The standard InChI is InChI=1S/C14H22N2O2S/c1-5-8-6-9(8)16-14-12(18-4)10(15)13(19-14)11(17)7(2)3/h7-9,16H,5-6,15H2,1-4H3. The maximum Gasteiger partial charge on any atom is 0.177 e. The highest BCUT2D eigenvalue weighted by Gasteiger charge is 2.37. The predicted octanol–water partition coefficient (Wildman–Crippen LogP) is 3.39. The van der Waals surface area contributed by atoms with Crippen LogP contribution in [-0.2, 0) is 0 Å². The molecule has 0 bridgehead atoms. The molecule has 1 heterocycles. The highest BCUT2D eigenvalue weighted by Crippen LogP contribution is 2.46. The number of nitrogens with one attached hydrogen (secondary N) is 1. The minimum atomic E-state index is -0.0529. The van der Waals surface area contributed by atoms with E-state index in [9.17, 15) is 4.79 Å². The van der Waals surface area contributed by atoms with Crippen LogP contribution < -0.4 is 15.8 Å². The molecule has 106 valence electrons. The molecule has 2 atom stereocenters. The summed E-state index contributed by atoms with van der Waals surface area (Å²) in [6.07, 6.45) is 2.36. The van der Waals surface area contributed by atoms with Crippen molar-refractivity contribution in [1.82, 2.24) is 0 Å². The maximum atomic E-state index is 12.1. The van der Waals surface area contributed by atoms with Gasteiger partial charge in [-0.1, -0.05) is 27.2 Å². The fraction of sp³-hybridized carbons (Fsp3) is 0.643. The smallest absolute Gasteiger partial charge is 0.177 e. The van der Waals surface area contributed by atoms with E-state index in [1.54, 1.807) is 7.11 Å². The number of methoxy groups -OCH3 is 1. The number of anilines is 2. The Balaban J connectivity index is 2.23. The highest BCUT2D eigenvalue weighted by atomic mass is 32.1. The van der Waals surface area contributed by atoms with Crippen LogP contribution in [0.5, 0.6) is 5.75 Å². The number of thiophene rings is 1. The Morgan fingerprint density at radius 2 is 2.26 bits per heavy atom. The normalized spacial score (nSPS) is 21.5. The number of nitrogen functional groups attached to an aromatic ring is 1. The summed E-state index contributed by atoms with van der Waals surface area (Å²) in [6.45, 7) is 5.96. The van der Waals surface area contributed by atoms with Crippen LogP contribution in [0.4, 0.5) is 10.7 Å². The van der Waals surface area contributed by atoms with Gasteiger partial charge in [-0.2, -0.15) is 0 Å². The molecule has 1 fully saturated rings. The first-order valence-electron chi connectivity index (χ1n) is 6.76. The number of Topliss-reactive ketones (excluding diaryl/α,β-unsaturated/α-hetero) is 1. The number of nitrogens with two attached hydrogens (primary N) is 1. The molecule has 4 nitrogen and oxygen atoms in total. The summed E-state index contributed by atoms with van der Waals surface area (Å²) in [5.74, 6) is 1.38. The molecule has 2 rings (SSSR count). The van der Waals surface area contributed by atoms with Crippen LogP contribution in [0.2, 0.25) is 0 Å². The molecule has 19 heavy (non-hydrogen) atoms. The lowest BCUT2D eigenvalue weighted by molar-refractivity contribution is 0.0944. The molecule has 0 amide bonds. The second-order valence-electron chi connectivity index (χ2n) is 5.38. The van der Waals surface area contributed by atoms with E-state index in [-0.39, 0.29) is 11.7 Å². The average molecular weight is 282 g/mol. The molecule has 0 aromatic carbocycles. The second kappa shape index (κ2) is 5.41. The fourth-order valence-electron chi connectivity index (χ4n) is 2.22. The zero-order chi connectivity index (χ0) is 14.2. The molecule has 0 aliphatic heterocycles. The van der Waals surface area contributed by atoms with Crippen molar-refractivity contribution < 1.29 is 9.53 Å². The molecular weight excluding hydrogens is 260 g/mol. The fourth-order valence-corrected chi connectivity index (χ4v) is 3.46. The van der Waals surface area contributed by atoms with Gasteiger partial charge < -0.3 is 15.8 Å². The van der Waals surface area contributed by atoms with Crippen molar-refractivity contribution in [1.29, 1.82) is 0 Å². The summed E-state index contributed by atoms with van der Waals surface area (Å²) in [7, 11) is 1.59. The summed E-state index contributed by atoms with van der Waals surface area (Å²) in [5, 5.41) is 4.35. The molecule has 5 heteroatoms. The number of carbonyl (C=O) groups is 1. The molecule has 1 aromatic heterocycles. The summed E-state index contributed by atoms with van der Waals surface area (Å²) in [5.41, 5.74) is 6.52. The molecule has 1 aliphatic carbocycles. The Morgan fingerprint density at radius 1 is 1.58 bits per heavy atom. The molecule has 1 saturated carbocycles. The van der Waals surface area contributed by atoms with Gasteiger partial charge in [-0.25, -0.2) is 0 Å². The summed E-state index contributed by atoms with van der Waals surface area (Å²) >= 11 is 1.42. The summed E-state index contributed by atoms with van der Waals surface area (Å²) in [6, 6.07) is 0.499. The van der Waals surface area contributed by atoms with E-state index in [0.717, 1.165) is 10.9 Å². The molecule has 1 aromatic rings. The van der Waals surface area contributed by atoms with Gasteiger partial charge in [0, 0.05) is 12.0 Å². The Morgan fingerprint density at radius 3 is 2.74 bits per heavy atom. The average Bonchev–Trinajstić information content (AvgIpc) is 3.05. The lowest BCUT2D eigenvalue weighted by Crippen LogP contribution is -2.07. The van der Waals surface area contributed by atoms with Crippen molar-refractivity contribution in [3.05, 3.63) is 4.88 Å². The Labute approximate surface area is 118 Å². The molecule has 2 unspecified atom stereocenters. The zero-order valence-electron chi connectivity index (χ0n) is 11.9. The SMILES string of the molecule is CCC1CC1Nc1sc(C(=O)C(C)C)c(N)c1OC. The van der Waals surface area contributed by atoms with E-state index in [1.807, 2.05) is 13.8 Å². The van der Waals surface area contributed by atoms with E-state index in [1.165, 1.54) is 24.2 Å². The van der Waals surface area contributed by atoms with E-state index >= 15 is 0 Å². The third-order valence-corrected chi connectivity index (χ3v) is 4.75. The van der Waals surface area contributed by atoms with E-state index < -0.39 is 0 Å². The summed E-state index contributed by atoms with van der Waals surface area (Å²) in [4.78, 5) is 12.7. The van der Waals surface area contributed by atoms with Crippen LogP contribution in [0, 0.1) is 11.8 Å². The van der Waals surface area contributed by atoms with Gasteiger partial charge in [0.1, 0.15) is 5.00 Å². The van der Waals surface area contributed by atoms with Crippen LogP contribution in [0.15, 0.2) is 0 Å². The van der Waals surface area contributed by atoms with Crippen molar-refractivity contribution in [3.8, 4) is 5.75 Å². The van der Waals surface area contributed by atoms with Gasteiger partial charge >= 0.3 is 0 Å². The van der Waals surface area contributed by atoms with Crippen molar-refractivity contribution in [2.45, 2.75) is 39.7 Å². The zero-order valence-corrected chi connectivity index (χ0v) is 12.8. The summed E-state index contributed by atoms with van der Waals surface area (Å²) < 4.78 is 5.35. The van der Waals surface area contributed by atoms with Crippen molar-refractivity contribution in [2.75, 3.05) is 18.2 Å². The van der Waals surface area contributed by atoms with Gasteiger partial charge in [-0.05, 0) is 12.3 Å². The van der Waals surface area contributed by atoms with E-state index in [4.69, 9.17) is 10.5 Å². The van der Waals surface area contributed by atoms with Gasteiger partial charge in [0.2, 0.25) is 0 Å². The van der Waals surface area contributed by atoms with Crippen LogP contribution >= 0.6 is 11.3 Å². The van der Waals surface area contributed by atoms with Crippen LogP contribution in [0.1, 0.15) is 43.3 Å². The van der Waals surface area contributed by atoms with Gasteiger partial charge in [-0.3, -0.25) is 4.79 Å². The first-order valence-corrected chi connectivity index (χ1v) is 7.58. The molecular formula is C14H22N2O2S. The van der Waals surface area contributed by atoms with Crippen LogP contribution in [-0.4, -0.2) is 18.9 Å². The predicted molar refractivity (Wildman–Crippen MR) is 80.3 cm³/mol. The number of carbonyl (C=O) groups excluding carboxylic acids is 1. The molecule has 0 spiro atoms. The van der Waals surface area contributed by atoms with Gasteiger partial charge in [0.05, 0.1) is 17.7 Å². The third-order valence-electron chi connectivity index (χ3n) is 3.62. The Hall–Kier alpha value is -1.23. The monoisotopic (exact) mass is 282 g/mol. The Bertz CT molecular complexity index is 482. The molecule has 1 aliphatic rings. The number of hydrogen-bond donors (Lipinski definition) is 2. The number of hydrogen-bond acceptors (Lipinski definition) is 5. The minimum Gasteiger partial charge on any atom is -0.492 e. The maximum absolute atomic E-state index is 12.1. The second-order valence-corrected chi connectivity index (χ2v) is 6.40. The lowest BCUT2D eigenvalue weighted by atomic mass is 10.1. The third kappa shape index (κ3) is 2.71. The number of ether oxygens (including phenoxy) is 1. The highest BCUT2D eigenvalue weighted by molar-refractivity contribution is 7.19. The minimum absolute atomic E-state index is 0.0529. The Kier molecular flexibility index (Phi) is 4.04. The quantitative estimate of drug-likeness (QED) is 0.785. The van der Waals surface area contributed by atoms with Crippen LogP contribution in [0.3, 0.4) is 0 Å². The first-order chi connectivity index (χ1) is 8.99. The van der Waals surface area contributed by atoms with Crippen molar-refractivity contribution in [3.63, 3.8) is 0 Å². The van der Waals surface area contributed by atoms with Crippen molar-refractivity contribution in [2.24, 2.45) is 11.8 Å². The number of rotatable bonds is 6. The van der Waals surface area contributed by atoms with Gasteiger partial charge in [-0.15, -0.1) is 11.3 Å². The van der Waals surface area contributed by atoms with Gasteiger partial charge in [0.15, 0.2) is 11.5 Å². The first kappa shape index (κ1) is 14.2. The van der Waals surface area contributed by atoms with E-state index in [2.05, 4.69) is 12.2 Å².